The summed E-state index contributed by atoms with van der Waals surface area (Å²) in [5, 5.41) is 21.0. The fraction of sp³-hybridized carbons (Fsp3) is 0.458. The number of pyridine rings is 1. The zero-order valence-electron chi connectivity index (χ0n) is 18.8. The van der Waals surface area contributed by atoms with Gasteiger partial charge in [-0.05, 0) is 69.1 Å². The average molecular weight is 537 g/mol. The summed E-state index contributed by atoms with van der Waals surface area (Å²) in [5.41, 5.74) is 1.62. The second kappa shape index (κ2) is 8.56. The van der Waals surface area contributed by atoms with Gasteiger partial charge in [-0.1, -0.05) is 38.4 Å². The number of rotatable bonds is 2. The number of amides is 1. The number of carbonyl (C=O) groups is 2. The Morgan fingerprint density at radius 1 is 1.15 bits per heavy atom. The molecule has 2 aliphatic rings. The van der Waals surface area contributed by atoms with Gasteiger partial charge in [0.25, 0.3) is 0 Å². The van der Waals surface area contributed by atoms with Crippen LogP contribution in [0.4, 0.5) is 4.79 Å². The van der Waals surface area contributed by atoms with Gasteiger partial charge in [0.2, 0.25) is 0 Å². The maximum absolute atomic E-state index is 12.7. The van der Waals surface area contributed by atoms with Crippen molar-refractivity contribution in [3.8, 4) is 0 Å². The molecular formula is C24H27BrClN3O4. The lowest BCUT2D eigenvalue weighted by Gasteiger charge is -2.54. The molecule has 1 amide bonds. The minimum Gasteiger partial charge on any atom is -0.479 e. The highest BCUT2D eigenvalue weighted by Gasteiger charge is 2.59. The second-order valence-corrected chi connectivity index (χ2v) is 11.1. The van der Waals surface area contributed by atoms with Crippen LogP contribution in [-0.4, -0.2) is 62.2 Å². The summed E-state index contributed by atoms with van der Waals surface area (Å²) in [6.45, 7) is 5.87. The summed E-state index contributed by atoms with van der Waals surface area (Å²) < 4.78 is 0.884. The highest BCUT2D eigenvalue weighted by atomic mass is 79.9. The first-order valence-electron chi connectivity index (χ1n) is 10.9. The van der Waals surface area contributed by atoms with Crippen molar-refractivity contribution in [3.05, 3.63) is 62.3 Å². The number of aryl methyl sites for hydroxylation is 2. The van der Waals surface area contributed by atoms with Gasteiger partial charge >= 0.3 is 12.1 Å². The zero-order chi connectivity index (χ0) is 24.1. The molecule has 1 aliphatic heterocycles. The topological polar surface area (TPSA) is 94.0 Å². The van der Waals surface area contributed by atoms with Gasteiger partial charge in [-0.2, -0.15) is 0 Å². The highest BCUT2D eigenvalue weighted by Crippen LogP contribution is 2.44. The van der Waals surface area contributed by atoms with Gasteiger partial charge in [0, 0.05) is 35.3 Å². The maximum Gasteiger partial charge on any atom is 0.408 e. The van der Waals surface area contributed by atoms with Crippen LogP contribution in [0.25, 0.3) is 0 Å². The third-order valence-corrected chi connectivity index (χ3v) is 7.65. The SMILES string of the molecule is CC(C)(C)[C@]1(C(=O)O)CN([C@H]2c3ccc(Cl)cc3CCc3cc(Br)cnc32)CCN1C(=O)O. The van der Waals surface area contributed by atoms with Crippen molar-refractivity contribution in [2.24, 2.45) is 5.41 Å². The molecule has 1 aromatic carbocycles. The Morgan fingerprint density at radius 2 is 1.85 bits per heavy atom. The minimum absolute atomic E-state index is 0.0437. The summed E-state index contributed by atoms with van der Waals surface area (Å²) >= 11 is 9.83. The number of halogens is 2. The first-order valence-corrected chi connectivity index (χ1v) is 12.0. The quantitative estimate of drug-likeness (QED) is 0.570. The Bertz CT molecular complexity index is 1070. The van der Waals surface area contributed by atoms with Gasteiger partial charge in [-0.3, -0.25) is 14.8 Å². The molecule has 1 aromatic heterocycles. The first kappa shape index (κ1) is 24.0. The molecule has 0 radical (unpaired) electrons. The van der Waals surface area contributed by atoms with Gasteiger partial charge in [0.15, 0.2) is 5.54 Å². The molecule has 9 heteroatoms. The zero-order valence-corrected chi connectivity index (χ0v) is 21.2. The Kier molecular flexibility index (Phi) is 6.22. The Hall–Kier alpha value is -2.16. The van der Waals surface area contributed by atoms with Gasteiger partial charge < -0.3 is 10.2 Å². The lowest BCUT2D eigenvalue weighted by molar-refractivity contribution is -0.166. The van der Waals surface area contributed by atoms with E-state index in [4.69, 9.17) is 16.6 Å². The van der Waals surface area contributed by atoms with Gasteiger partial charge in [0.05, 0.1) is 11.7 Å². The van der Waals surface area contributed by atoms with E-state index in [2.05, 4.69) is 26.9 Å². The van der Waals surface area contributed by atoms with Crippen LogP contribution in [0.15, 0.2) is 34.9 Å². The van der Waals surface area contributed by atoms with Crippen LogP contribution in [0.2, 0.25) is 5.02 Å². The van der Waals surface area contributed by atoms with Crippen LogP contribution in [0.3, 0.4) is 0 Å². The molecule has 2 atom stereocenters. The summed E-state index contributed by atoms with van der Waals surface area (Å²) in [7, 11) is 0. The van der Waals surface area contributed by atoms with E-state index < -0.39 is 23.0 Å². The highest BCUT2D eigenvalue weighted by molar-refractivity contribution is 9.10. The maximum atomic E-state index is 12.7. The lowest BCUT2D eigenvalue weighted by Crippen LogP contribution is -2.73. The molecule has 2 N–H and O–H groups in total. The van der Waals surface area contributed by atoms with Crippen molar-refractivity contribution >= 4 is 39.6 Å². The largest absolute Gasteiger partial charge is 0.479 e. The van der Waals surface area contributed by atoms with Crippen LogP contribution >= 0.6 is 27.5 Å². The molecule has 0 saturated carbocycles. The number of aromatic nitrogens is 1. The number of hydrogen-bond acceptors (Lipinski definition) is 4. The summed E-state index contributed by atoms with van der Waals surface area (Å²) in [4.78, 5) is 32.8. The molecule has 176 valence electrons. The average Bonchev–Trinajstić information content (AvgIpc) is 2.88. The third-order valence-electron chi connectivity index (χ3n) is 6.98. The van der Waals surface area contributed by atoms with E-state index in [1.807, 2.05) is 18.2 Å². The van der Waals surface area contributed by atoms with Crippen molar-refractivity contribution in [2.75, 3.05) is 19.6 Å². The van der Waals surface area contributed by atoms with Crippen LogP contribution in [0.1, 0.15) is 49.2 Å². The molecule has 1 fully saturated rings. The molecule has 1 saturated heterocycles. The lowest BCUT2D eigenvalue weighted by atomic mass is 9.70. The van der Waals surface area contributed by atoms with E-state index in [-0.39, 0.29) is 19.1 Å². The minimum atomic E-state index is -1.62. The molecule has 2 heterocycles. The van der Waals surface area contributed by atoms with E-state index in [1.54, 1.807) is 27.0 Å². The standard InChI is InChI=1S/C24H27BrClN3O4/c1-23(2,3)24(21(30)31)13-28(8-9-29(24)22(32)33)20-18-7-6-17(26)11-14(18)4-5-15-10-16(25)12-27-19(15)20/h6-7,10-12,20H,4-5,8-9,13H2,1-3H3,(H,30,31)(H,32,33)/t20-,24+/m0/s1. The third kappa shape index (κ3) is 4.02. The van der Waals surface area contributed by atoms with Gasteiger partial charge in [-0.15, -0.1) is 0 Å². The summed E-state index contributed by atoms with van der Waals surface area (Å²) in [6, 6.07) is 7.56. The van der Waals surface area contributed by atoms with Crippen LogP contribution in [0.5, 0.6) is 0 Å². The van der Waals surface area contributed by atoms with Gasteiger partial charge in [-0.25, -0.2) is 9.59 Å². The molecule has 1 aliphatic carbocycles. The van der Waals surface area contributed by atoms with E-state index in [9.17, 15) is 19.8 Å². The number of carboxylic acid groups (broad SMARTS) is 2. The number of aliphatic carboxylic acids is 1. The van der Waals surface area contributed by atoms with Crippen molar-refractivity contribution in [1.82, 2.24) is 14.8 Å². The van der Waals surface area contributed by atoms with E-state index in [0.717, 1.165) is 44.6 Å². The number of benzene rings is 1. The molecule has 0 spiro atoms. The molecule has 7 nitrogen and oxygen atoms in total. The number of carboxylic acids is 1. The fourth-order valence-corrected chi connectivity index (χ4v) is 5.86. The molecular weight excluding hydrogens is 510 g/mol. The van der Waals surface area contributed by atoms with Gasteiger partial charge in [0.1, 0.15) is 0 Å². The van der Waals surface area contributed by atoms with Crippen LogP contribution in [0, 0.1) is 5.41 Å². The Morgan fingerprint density at radius 3 is 2.48 bits per heavy atom. The molecule has 4 rings (SSSR count). The Labute approximate surface area is 206 Å². The van der Waals surface area contributed by atoms with Crippen molar-refractivity contribution < 1.29 is 19.8 Å². The molecule has 0 unspecified atom stereocenters. The molecule has 2 aromatic rings. The van der Waals surface area contributed by atoms with Crippen molar-refractivity contribution in [2.45, 2.75) is 45.2 Å². The number of hydrogen-bond donors (Lipinski definition) is 2. The predicted molar refractivity (Wildman–Crippen MR) is 129 cm³/mol. The summed E-state index contributed by atoms with van der Waals surface area (Å²) in [6.07, 6.45) is 2.11. The molecule has 33 heavy (non-hydrogen) atoms. The second-order valence-electron chi connectivity index (χ2n) is 9.76. The number of nitrogens with zero attached hydrogens (tertiary/aromatic N) is 3. The molecule has 0 bridgehead atoms. The number of piperazine rings is 1. The monoisotopic (exact) mass is 535 g/mol. The normalized spacial score (nSPS) is 23.4. The predicted octanol–water partition coefficient (Wildman–Crippen LogP) is 4.85. The summed E-state index contributed by atoms with van der Waals surface area (Å²) in [5.74, 6) is -1.14. The van der Waals surface area contributed by atoms with Crippen LogP contribution in [-0.2, 0) is 17.6 Å². The first-order chi connectivity index (χ1) is 15.5. The Balaban J connectivity index is 1.90. The smallest absolute Gasteiger partial charge is 0.408 e. The van der Waals surface area contributed by atoms with E-state index in [1.165, 1.54) is 0 Å². The number of fused-ring (bicyclic) bond motifs is 2. The van der Waals surface area contributed by atoms with Crippen LogP contribution < -0.4 is 0 Å². The van der Waals surface area contributed by atoms with E-state index >= 15 is 0 Å². The van der Waals surface area contributed by atoms with E-state index in [0.29, 0.717) is 11.6 Å². The fourth-order valence-electron chi connectivity index (χ4n) is 5.28. The van der Waals surface area contributed by atoms with Crippen molar-refractivity contribution in [1.29, 1.82) is 0 Å². The van der Waals surface area contributed by atoms with Crippen molar-refractivity contribution in [3.63, 3.8) is 0 Å².